The number of hydrogen-bond donors (Lipinski definition) is 7. The van der Waals surface area contributed by atoms with Crippen LogP contribution in [0.25, 0.3) is 0 Å². The minimum absolute atomic E-state index is 0.321. The van der Waals surface area contributed by atoms with E-state index in [1.807, 2.05) is 0 Å². The van der Waals surface area contributed by atoms with Crippen LogP contribution in [0, 0.1) is 5.92 Å². The molecule has 11 heteroatoms. The second kappa shape index (κ2) is 11.5. The molecule has 0 bridgehead atoms. The van der Waals surface area contributed by atoms with E-state index in [1.165, 1.54) is 13.8 Å². The molecular formula is C16H30N4O7. The van der Waals surface area contributed by atoms with Gasteiger partial charge in [0.2, 0.25) is 17.7 Å². The van der Waals surface area contributed by atoms with Crippen LogP contribution in [-0.2, 0) is 19.2 Å². The molecule has 0 aliphatic rings. The molecule has 3 amide bonds. The molecule has 6 atom stereocenters. The zero-order valence-electron chi connectivity index (χ0n) is 15.9. The highest BCUT2D eigenvalue weighted by Crippen LogP contribution is 2.08. The van der Waals surface area contributed by atoms with Crippen LogP contribution >= 0.6 is 0 Å². The summed E-state index contributed by atoms with van der Waals surface area (Å²) in [7, 11) is 0. The molecule has 0 saturated carbocycles. The van der Waals surface area contributed by atoms with Gasteiger partial charge in [-0.05, 0) is 19.8 Å². The zero-order valence-corrected chi connectivity index (χ0v) is 15.9. The maximum absolute atomic E-state index is 12.3. The fourth-order valence-corrected chi connectivity index (χ4v) is 2.08. The number of carboxylic acid groups (broad SMARTS) is 1. The van der Waals surface area contributed by atoms with Gasteiger partial charge in [0.05, 0.1) is 12.7 Å². The Bertz CT molecular complexity index is 541. The van der Waals surface area contributed by atoms with E-state index in [4.69, 9.17) is 10.8 Å². The summed E-state index contributed by atoms with van der Waals surface area (Å²) in [5.74, 6) is -3.94. The van der Waals surface area contributed by atoms with Crippen molar-refractivity contribution >= 4 is 23.7 Å². The minimum Gasteiger partial charge on any atom is -0.480 e. The van der Waals surface area contributed by atoms with E-state index in [2.05, 4.69) is 16.0 Å². The monoisotopic (exact) mass is 390 g/mol. The topological polar surface area (TPSA) is 191 Å². The fraction of sp³-hybridized carbons (Fsp3) is 0.750. The third-order valence-electron chi connectivity index (χ3n) is 4.12. The maximum Gasteiger partial charge on any atom is 0.326 e. The second-order valence-corrected chi connectivity index (χ2v) is 6.46. The molecule has 0 spiro atoms. The number of carboxylic acids is 1. The third kappa shape index (κ3) is 7.89. The van der Waals surface area contributed by atoms with E-state index >= 15 is 0 Å². The molecule has 156 valence electrons. The van der Waals surface area contributed by atoms with Crippen molar-refractivity contribution in [3.05, 3.63) is 0 Å². The number of nitrogens with one attached hydrogen (secondary N) is 3. The molecule has 0 aliphatic carbocycles. The molecule has 0 aromatic rings. The molecule has 0 aromatic heterocycles. The number of nitrogens with two attached hydrogens (primary N) is 1. The highest BCUT2D eigenvalue weighted by atomic mass is 16.4. The Morgan fingerprint density at radius 1 is 0.926 bits per heavy atom. The van der Waals surface area contributed by atoms with Crippen molar-refractivity contribution in [3.63, 3.8) is 0 Å². The first-order valence-corrected chi connectivity index (χ1v) is 8.64. The summed E-state index contributed by atoms with van der Waals surface area (Å²) in [5.41, 5.74) is 5.34. The van der Waals surface area contributed by atoms with Gasteiger partial charge in [-0.1, -0.05) is 20.3 Å². The van der Waals surface area contributed by atoms with Crippen LogP contribution in [0.2, 0.25) is 0 Å². The Labute approximate surface area is 157 Å². The van der Waals surface area contributed by atoms with Gasteiger partial charge < -0.3 is 37.0 Å². The number of aliphatic carboxylic acids is 1. The van der Waals surface area contributed by atoms with Gasteiger partial charge in [-0.25, -0.2) is 4.79 Å². The van der Waals surface area contributed by atoms with Crippen molar-refractivity contribution in [1.82, 2.24) is 16.0 Å². The summed E-state index contributed by atoms with van der Waals surface area (Å²) >= 11 is 0. The number of aliphatic hydroxyl groups is 2. The Balaban J connectivity index is 4.99. The van der Waals surface area contributed by atoms with Crippen molar-refractivity contribution in [2.45, 2.75) is 64.4 Å². The van der Waals surface area contributed by atoms with Crippen LogP contribution in [0.15, 0.2) is 0 Å². The standard InChI is InChI=1S/C16H30N4O7/c1-5-7(2)11(16(26)27)19-13(23)8(3)18-15(25)12(9(4)22)20-14(24)10(17)6-21/h7-12,21-22H,5-6,17H2,1-4H3,(H,18,25)(H,19,23)(H,20,24)(H,26,27). The van der Waals surface area contributed by atoms with Crippen molar-refractivity contribution in [1.29, 1.82) is 0 Å². The van der Waals surface area contributed by atoms with Gasteiger partial charge in [0.25, 0.3) is 0 Å². The molecule has 6 unspecified atom stereocenters. The van der Waals surface area contributed by atoms with Gasteiger partial charge in [0.15, 0.2) is 0 Å². The predicted molar refractivity (Wildman–Crippen MR) is 95.3 cm³/mol. The average Bonchev–Trinajstić information content (AvgIpc) is 2.61. The molecule has 0 aromatic carbocycles. The van der Waals surface area contributed by atoms with Crippen LogP contribution in [0.1, 0.15) is 34.1 Å². The molecule has 0 saturated heterocycles. The maximum atomic E-state index is 12.3. The summed E-state index contributed by atoms with van der Waals surface area (Å²) in [6.07, 6.45) is -0.777. The lowest BCUT2D eigenvalue weighted by atomic mass is 9.99. The lowest BCUT2D eigenvalue weighted by molar-refractivity contribution is -0.143. The Kier molecular flexibility index (Phi) is 10.5. The molecule has 0 rings (SSSR count). The Morgan fingerprint density at radius 2 is 1.44 bits per heavy atom. The molecule has 11 nitrogen and oxygen atoms in total. The van der Waals surface area contributed by atoms with Crippen molar-refractivity contribution < 1.29 is 34.5 Å². The van der Waals surface area contributed by atoms with Crippen LogP contribution < -0.4 is 21.7 Å². The number of carbonyl (C=O) groups excluding carboxylic acids is 3. The summed E-state index contributed by atoms with van der Waals surface area (Å²) in [5, 5.41) is 34.6. The Hall–Kier alpha value is -2.24. The van der Waals surface area contributed by atoms with Crippen LogP contribution in [0.3, 0.4) is 0 Å². The Morgan fingerprint density at radius 3 is 1.85 bits per heavy atom. The summed E-state index contributed by atoms with van der Waals surface area (Å²) in [4.78, 5) is 47.4. The highest BCUT2D eigenvalue weighted by molar-refractivity contribution is 5.94. The van der Waals surface area contributed by atoms with Crippen LogP contribution in [-0.4, -0.2) is 75.9 Å². The smallest absolute Gasteiger partial charge is 0.326 e. The summed E-state index contributed by atoms with van der Waals surface area (Å²) in [6, 6.07) is -4.91. The van der Waals surface area contributed by atoms with E-state index < -0.39 is 60.6 Å². The molecule has 0 aliphatic heterocycles. The van der Waals surface area contributed by atoms with Crippen LogP contribution in [0.5, 0.6) is 0 Å². The molecule has 27 heavy (non-hydrogen) atoms. The van der Waals surface area contributed by atoms with E-state index in [-0.39, 0.29) is 5.92 Å². The van der Waals surface area contributed by atoms with E-state index in [0.29, 0.717) is 6.42 Å². The van der Waals surface area contributed by atoms with Gasteiger partial charge in [-0.15, -0.1) is 0 Å². The van der Waals surface area contributed by atoms with Gasteiger partial charge in [0.1, 0.15) is 24.2 Å². The highest BCUT2D eigenvalue weighted by Gasteiger charge is 2.31. The largest absolute Gasteiger partial charge is 0.480 e. The molecule has 0 fully saturated rings. The van der Waals surface area contributed by atoms with Crippen molar-refractivity contribution in [2.75, 3.05) is 6.61 Å². The first kappa shape index (κ1) is 24.8. The number of carbonyl (C=O) groups is 4. The quantitative estimate of drug-likeness (QED) is 0.198. The first-order valence-electron chi connectivity index (χ1n) is 8.64. The van der Waals surface area contributed by atoms with E-state index in [9.17, 15) is 29.4 Å². The van der Waals surface area contributed by atoms with Gasteiger partial charge >= 0.3 is 5.97 Å². The number of aliphatic hydroxyl groups excluding tert-OH is 2. The molecule has 0 heterocycles. The number of amides is 3. The van der Waals surface area contributed by atoms with Gasteiger partial charge in [-0.2, -0.15) is 0 Å². The van der Waals surface area contributed by atoms with Gasteiger partial charge in [-0.3, -0.25) is 14.4 Å². The SMILES string of the molecule is CCC(C)C(NC(=O)C(C)NC(=O)C(NC(=O)C(N)CO)C(C)O)C(=O)O. The lowest BCUT2D eigenvalue weighted by Crippen LogP contribution is -2.59. The zero-order chi connectivity index (χ0) is 21.3. The fourth-order valence-electron chi connectivity index (χ4n) is 2.08. The second-order valence-electron chi connectivity index (χ2n) is 6.46. The predicted octanol–water partition coefficient (Wildman–Crippen LogP) is -2.71. The van der Waals surface area contributed by atoms with Gasteiger partial charge in [0, 0.05) is 0 Å². The number of rotatable bonds is 11. The van der Waals surface area contributed by atoms with Crippen molar-refractivity contribution in [3.8, 4) is 0 Å². The summed E-state index contributed by atoms with van der Waals surface area (Å²) < 4.78 is 0. The molecule has 0 radical (unpaired) electrons. The first-order chi connectivity index (χ1) is 12.5. The van der Waals surface area contributed by atoms with Crippen molar-refractivity contribution in [2.24, 2.45) is 11.7 Å². The molecular weight excluding hydrogens is 360 g/mol. The van der Waals surface area contributed by atoms with E-state index in [1.54, 1.807) is 13.8 Å². The van der Waals surface area contributed by atoms with E-state index in [0.717, 1.165) is 0 Å². The average molecular weight is 390 g/mol. The lowest BCUT2D eigenvalue weighted by Gasteiger charge is -2.25. The minimum atomic E-state index is -1.41. The summed E-state index contributed by atoms with van der Waals surface area (Å²) in [6.45, 7) is 5.40. The van der Waals surface area contributed by atoms with Crippen LogP contribution in [0.4, 0.5) is 0 Å². The normalized spacial score (nSPS) is 17.6. The number of hydrogen-bond acceptors (Lipinski definition) is 7. The third-order valence-corrected chi connectivity index (χ3v) is 4.12. The molecule has 8 N–H and O–H groups in total.